The summed E-state index contributed by atoms with van der Waals surface area (Å²) in [5.41, 5.74) is 1.77. The van der Waals surface area contributed by atoms with Crippen LogP contribution in [0.4, 0.5) is 17.2 Å². The van der Waals surface area contributed by atoms with Gasteiger partial charge < -0.3 is 10.4 Å². The van der Waals surface area contributed by atoms with Gasteiger partial charge in [-0.2, -0.15) is 0 Å². The molecule has 2 N–H and O–H groups in total. The van der Waals surface area contributed by atoms with E-state index in [0.29, 0.717) is 11.3 Å². The molecule has 2 aromatic rings. The van der Waals surface area contributed by atoms with Crippen LogP contribution in [0.3, 0.4) is 0 Å². The number of aliphatic hydroxyl groups is 1. The molecule has 0 fully saturated rings. The van der Waals surface area contributed by atoms with E-state index in [1.807, 2.05) is 0 Å². The molecular formula is C14H14ClN3O3. The largest absolute Gasteiger partial charge is 0.389 e. The molecule has 7 heteroatoms. The molecule has 1 unspecified atom stereocenters. The van der Waals surface area contributed by atoms with Crippen LogP contribution in [-0.2, 0) is 0 Å². The van der Waals surface area contributed by atoms with E-state index < -0.39 is 11.0 Å². The fourth-order valence-electron chi connectivity index (χ4n) is 1.79. The van der Waals surface area contributed by atoms with Gasteiger partial charge in [0.2, 0.25) is 5.82 Å². The van der Waals surface area contributed by atoms with Gasteiger partial charge >= 0.3 is 5.69 Å². The Morgan fingerprint density at radius 2 is 2.00 bits per heavy atom. The van der Waals surface area contributed by atoms with E-state index in [2.05, 4.69) is 10.3 Å². The summed E-state index contributed by atoms with van der Waals surface area (Å²) in [6.45, 7) is 3.32. The number of anilines is 2. The number of hydrogen-bond acceptors (Lipinski definition) is 5. The summed E-state index contributed by atoms with van der Waals surface area (Å²) in [4.78, 5) is 14.6. The summed E-state index contributed by atoms with van der Waals surface area (Å²) in [6.07, 6.45) is -0.569. The number of nitrogens with one attached hydrogen (secondary N) is 1. The molecule has 0 saturated carbocycles. The summed E-state index contributed by atoms with van der Waals surface area (Å²) >= 11 is 5.92. The second kappa shape index (κ2) is 6.07. The van der Waals surface area contributed by atoms with E-state index in [1.165, 1.54) is 6.07 Å². The average molecular weight is 308 g/mol. The molecule has 1 heterocycles. The molecule has 1 atom stereocenters. The van der Waals surface area contributed by atoms with Crippen LogP contribution in [-0.4, -0.2) is 15.0 Å². The Morgan fingerprint density at radius 3 is 2.52 bits per heavy atom. The van der Waals surface area contributed by atoms with Crippen LogP contribution in [0.5, 0.6) is 0 Å². The Morgan fingerprint density at radius 1 is 1.38 bits per heavy atom. The number of nitro groups is 1. The lowest BCUT2D eigenvalue weighted by molar-refractivity contribution is -0.384. The summed E-state index contributed by atoms with van der Waals surface area (Å²) in [5, 5.41) is 23.6. The minimum Gasteiger partial charge on any atom is -0.389 e. The third kappa shape index (κ3) is 3.48. The van der Waals surface area contributed by atoms with Crippen LogP contribution in [0.2, 0.25) is 5.15 Å². The highest BCUT2D eigenvalue weighted by Crippen LogP contribution is 2.30. The Bertz CT molecular complexity index is 672. The van der Waals surface area contributed by atoms with Gasteiger partial charge in [0.25, 0.3) is 0 Å². The van der Waals surface area contributed by atoms with Gasteiger partial charge in [0.15, 0.2) is 0 Å². The molecule has 0 aliphatic heterocycles. The SMILES string of the molecule is Cc1cc([N+](=O)[O-])c(Nc2ccc(C(C)O)cc2)nc1Cl. The highest BCUT2D eigenvalue weighted by atomic mass is 35.5. The van der Waals surface area contributed by atoms with Crippen LogP contribution < -0.4 is 5.32 Å². The van der Waals surface area contributed by atoms with Gasteiger partial charge in [0.05, 0.1) is 11.0 Å². The molecule has 0 aliphatic carbocycles. The molecule has 0 saturated heterocycles. The van der Waals surface area contributed by atoms with Crippen molar-refractivity contribution in [3.8, 4) is 0 Å². The molecule has 6 nitrogen and oxygen atoms in total. The lowest BCUT2D eigenvalue weighted by Gasteiger charge is -2.09. The highest BCUT2D eigenvalue weighted by molar-refractivity contribution is 6.30. The van der Waals surface area contributed by atoms with Crippen molar-refractivity contribution in [3.05, 3.63) is 56.7 Å². The van der Waals surface area contributed by atoms with E-state index in [9.17, 15) is 15.2 Å². The minimum absolute atomic E-state index is 0.0837. The smallest absolute Gasteiger partial charge is 0.312 e. The van der Waals surface area contributed by atoms with Gasteiger partial charge in [-0.3, -0.25) is 10.1 Å². The Kier molecular flexibility index (Phi) is 4.40. The average Bonchev–Trinajstić information content (AvgIpc) is 2.43. The van der Waals surface area contributed by atoms with E-state index in [-0.39, 0.29) is 16.7 Å². The van der Waals surface area contributed by atoms with Crippen molar-refractivity contribution in [1.82, 2.24) is 4.98 Å². The first kappa shape index (κ1) is 15.2. The molecule has 1 aromatic heterocycles. The quantitative estimate of drug-likeness (QED) is 0.510. The van der Waals surface area contributed by atoms with Gasteiger partial charge in [-0.15, -0.1) is 0 Å². The third-order valence-corrected chi connectivity index (χ3v) is 3.37. The molecule has 21 heavy (non-hydrogen) atoms. The van der Waals surface area contributed by atoms with Crippen molar-refractivity contribution < 1.29 is 10.0 Å². The molecule has 2 rings (SSSR count). The number of nitrogens with zero attached hydrogens (tertiary/aromatic N) is 2. The maximum absolute atomic E-state index is 11.1. The second-order valence-electron chi connectivity index (χ2n) is 4.64. The zero-order chi connectivity index (χ0) is 15.6. The summed E-state index contributed by atoms with van der Waals surface area (Å²) < 4.78 is 0. The lowest BCUT2D eigenvalue weighted by Crippen LogP contribution is -2.01. The van der Waals surface area contributed by atoms with Gasteiger partial charge in [0, 0.05) is 11.8 Å². The Balaban J connectivity index is 2.34. The molecule has 110 valence electrons. The zero-order valence-corrected chi connectivity index (χ0v) is 12.3. The summed E-state index contributed by atoms with van der Waals surface area (Å²) in [5.74, 6) is 0.0837. The third-order valence-electron chi connectivity index (χ3n) is 2.98. The number of halogens is 1. The standard InChI is InChI=1S/C14H14ClN3O3/c1-8-7-12(18(20)21)14(17-13(8)15)16-11-5-3-10(4-6-11)9(2)19/h3-7,9,19H,1-2H3,(H,16,17). The highest BCUT2D eigenvalue weighted by Gasteiger charge is 2.18. The normalized spacial score (nSPS) is 12.0. The summed E-state index contributed by atoms with van der Waals surface area (Å²) in [6, 6.07) is 8.26. The molecule has 0 spiro atoms. The van der Waals surface area contributed by atoms with Crippen LogP contribution in [0.1, 0.15) is 24.2 Å². The number of hydrogen-bond donors (Lipinski definition) is 2. The van der Waals surface area contributed by atoms with Gasteiger partial charge in [-0.25, -0.2) is 4.98 Å². The number of aromatic nitrogens is 1. The number of pyridine rings is 1. The van der Waals surface area contributed by atoms with E-state index in [4.69, 9.17) is 11.6 Å². The first-order valence-corrected chi connectivity index (χ1v) is 6.63. The van der Waals surface area contributed by atoms with Gasteiger partial charge in [0.1, 0.15) is 5.15 Å². The lowest BCUT2D eigenvalue weighted by atomic mass is 10.1. The number of benzene rings is 1. The maximum atomic E-state index is 11.1. The first-order chi connectivity index (χ1) is 9.88. The number of rotatable bonds is 4. The fraction of sp³-hybridized carbons (Fsp3) is 0.214. The number of aliphatic hydroxyl groups excluding tert-OH is 1. The van der Waals surface area contributed by atoms with Crippen molar-refractivity contribution in [3.63, 3.8) is 0 Å². The summed E-state index contributed by atoms with van der Waals surface area (Å²) in [7, 11) is 0. The first-order valence-electron chi connectivity index (χ1n) is 6.25. The van der Waals surface area contributed by atoms with Gasteiger partial charge in [-0.1, -0.05) is 23.7 Å². The molecule has 0 amide bonds. The van der Waals surface area contributed by atoms with E-state index >= 15 is 0 Å². The van der Waals surface area contributed by atoms with Crippen molar-refractivity contribution in [1.29, 1.82) is 0 Å². The monoisotopic (exact) mass is 307 g/mol. The van der Waals surface area contributed by atoms with E-state index in [0.717, 1.165) is 5.56 Å². The van der Waals surface area contributed by atoms with Crippen molar-refractivity contribution in [2.24, 2.45) is 0 Å². The zero-order valence-electron chi connectivity index (χ0n) is 11.5. The Labute approximate surface area is 126 Å². The van der Waals surface area contributed by atoms with Crippen LogP contribution >= 0.6 is 11.6 Å². The van der Waals surface area contributed by atoms with Crippen LogP contribution in [0, 0.1) is 17.0 Å². The predicted molar refractivity (Wildman–Crippen MR) is 81.0 cm³/mol. The molecule has 0 aliphatic rings. The number of aryl methyl sites for hydroxylation is 1. The van der Waals surface area contributed by atoms with Crippen LogP contribution in [0.15, 0.2) is 30.3 Å². The molecule has 0 radical (unpaired) electrons. The topological polar surface area (TPSA) is 88.3 Å². The predicted octanol–water partition coefficient (Wildman–Crippen LogP) is 3.75. The second-order valence-corrected chi connectivity index (χ2v) is 5.00. The van der Waals surface area contributed by atoms with Crippen molar-refractivity contribution in [2.75, 3.05) is 5.32 Å². The van der Waals surface area contributed by atoms with Gasteiger partial charge in [-0.05, 0) is 37.1 Å². The Hall–Kier alpha value is -2.18. The fourth-order valence-corrected chi connectivity index (χ4v) is 1.93. The van der Waals surface area contributed by atoms with Crippen molar-refractivity contribution >= 4 is 28.8 Å². The molecular weight excluding hydrogens is 294 g/mol. The molecule has 0 bridgehead atoms. The van der Waals surface area contributed by atoms with Crippen LogP contribution in [0.25, 0.3) is 0 Å². The van der Waals surface area contributed by atoms with E-state index in [1.54, 1.807) is 38.1 Å². The minimum atomic E-state index is -0.569. The van der Waals surface area contributed by atoms with Crippen molar-refractivity contribution in [2.45, 2.75) is 20.0 Å². The maximum Gasteiger partial charge on any atom is 0.312 e. The molecule has 1 aromatic carbocycles.